The molecule has 1 aromatic carbocycles. The first-order valence-corrected chi connectivity index (χ1v) is 4.75. The second kappa shape index (κ2) is 4.52. The summed E-state index contributed by atoms with van der Waals surface area (Å²) in [4.78, 5) is 11.2. The van der Waals surface area contributed by atoms with Crippen LogP contribution in [-0.2, 0) is 11.2 Å². The van der Waals surface area contributed by atoms with Gasteiger partial charge in [0, 0.05) is 11.5 Å². The Balaban J connectivity index is 2.86. The summed E-state index contributed by atoms with van der Waals surface area (Å²) in [7, 11) is 1.43. The summed E-state index contributed by atoms with van der Waals surface area (Å²) in [5.41, 5.74) is 0.335. The van der Waals surface area contributed by atoms with Gasteiger partial charge in [0.05, 0.1) is 6.42 Å². The molecule has 76 valence electrons. The van der Waals surface area contributed by atoms with Gasteiger partial charge in [-0.2, -0.15) is 0 Å². The van der Waals surface area contributed by atoms with E-state index in [9.17, 15) is 9.18 Å². The average Bonchev–Trinajstić information content (AvgIpc) is 2.11. The van der Waals surface area contributed by atoms with Crippen LogP contribution in [0.4, 0.5) is 4.39 Å². The number of halogens is 2. The van der Waals surface area contributed by atoms with Crippen molar-refractivity contribution < 1.29 is 9.18 Å². The van der Waals surface area contributed by atoms with Crippen LogP contribution in [0.25, 0.3) is 0 Å². The van der Waals surface area contributed by atoms with Crippen LogP contribution in [0.2, 0.25) is 0 Å². The Morgan fingerprint density at radius 1 is 1.64 bits per heavy atom. The fraction of sp³-hybridized carbons (Fsp3) is 0.222. The number of nitrogens with zero attached hydrogens (tertiary/aromatic N) is 1. The second-order valence-electron chi connectivity index (χ2n) is 2.92. The molecule has 3 nitrogen and oxygen atoms in total. The zero-order valence-corrected chi connectivity index (χ0v) is 9.21. The Hall–Kier alpha value is -0.940. The summed E-state index contributed by atoms with van der Waals surface area (Å²) in [6.07, 6.45) is -0.0295. The third kappa shape index (κ3) is 2.78. The van der Waals surface area contributed by atoms with Crippen molar-refractivity contribution in [2.24, 2.45) is 5.84 Å². The Bertz CT molecular complexity index is 355. The van der Waals surface area contributed by atoms with E-state index in [1.54, 1.807) is 12.1 Å². The van der Waals surface area contributed by atoms with Gasteiger partial charge in [-0.25, -0.2) is 10.2 Å². The van der Waals surface area contributed by atoms with Crippen molar-refractivity contribution in [2.75, 3.05) is 7.05 Å². The maximum Gasteiger partial charge on any atom is 0.240 e. The standard InChI is InChI=1S/C9H10BrFN2O/c1-13(12)9(14)5-6-4-7(10)2-3-8(6)11/h2-4H,5,12H2,1H3. The number of likely N-dealkylation sites (N-methyl/N-ethyl adjacent to an activating group) is 1. The van der Waals surface area contributed by atoms with Crippen LogP contribution in [-0.4, -0.2) is 18.0 Å². The van der Waals surface area contributed by atoms with E-state index < -0.39 is 5.82 Å². The summed E-state index contributed by atoms with van der Waals surface area (Å²) in [5.74, 6) is 4.49. The quantitative estimate of drug-likeness (QED) is 0.497. The minimum absolute atomic E-state index is 0.0295. The van der Waals surface area contributed by atoms with Crippen LogP contribution in [0.5, 0.6) is 0 Å². The number of carbonyl (C=O) groups is 1. The average molecular weight is 261 g/mol. The number of hydrogen-bond donors (Lipinski definition) is 1. The predicted octanol–water partition coefficient (Wildman–Crippen LogP) is 1.46. The fourth-order valence-corrected chi connectivity index (χ4v) is 1.37. The number of carbonyl (C=O) groups excluding carboxylic acids is 1. The van der Waals surface area contributed by atoms with Gasteiger partial charge in [-0.3, -0.25) is 9.80 Å². The van der Waals surface area contributed by atoms with Gasteiger partial charge in [0.25, 0.3) is 0 Å². The minimum Gasteiger partial charge on any atom is -0.284 e. The molecule has 1 amide bonds. The zero-order valence-electron chi connectivity index (χ0n) is 7.63. The van der Waals surface area contributed by atoms with Gasteiger partial charge in [0.1, 0.15) is 5.82 Å². The lowest BCUT2D eigenvalue weighted by molar-refractivity contribution is -0.129. The highest BCUT2D eigenvalue weighted by Gasteiger charge is 2.10. The molecular formula is C9H10BrFN2O. The van der Waals surface area contributed by atoms with Crippen LogP contribution in [0.15, 0.2) is 22.7 Å². The van der Waals surface area contributed by atoms with Crippen molar-refractivity contribution in [3.8, 4) is 0 Å². The van der Waals surface area contributed by atoms with E-state index in [-0.39, 0.29) is 12.3 Å². The molecule has 0 bridgehead atoms. The number of hydrazine groups is 1. The first-order valence-electron chi connectivity index (χ1n) is 3.96. The Morgan fingerprint density at radius 3 is 2.86 bits per heavy atom. The molecule has 1 rings (SSSR count). The first-order chi connectivity index (χ1) is 6.50. The van der Waals surface area contributed by atoms with Crippen molar-refractivity contribution in [3.05, 3.63) is 34.1 Å². The Labute approximate surface area is 89.8 Å². The molecule has 0 saturated heterocycles. The number of nitrogens with two attached hydrogens (primary N) is 1. The fourth-order valence-electron chi connectivity index (χ4n) is 0.966. The van der Waals surface area contributed by atoms with Crippen molar-refractivity contribution in [1.29, 1.82) is 0 Å². The highest BCUT2D eigenvalue weighted by molar-refractivity contribution is 9.10. The van der Waals surface area contributed by atoms with Gasteiger partial charge in [-0.05, 0) is 23.8 Å². The van der Waals surface area contributed by atoms with E-state index in [4.69, 9.17) is 5.84 Å². The summed E-state index contributed by atoms with van der Waals surface area (Å²) in [6, 6.07) is 4.45. The molecule has 1 aromatic rings. The number of amides is 1. The molecule has 0 unspecified atom stereocenters. The van der Waals surface area contributed by atoms with E-state index in [0.717, 1.165) is 9.48 Å². The molecule has 0 aliphatic heterocycles. The third-order valence-electron chi connectivity index (χ3n) is 1.74. The number of benzene rings is 1. The zero-order chi connectivity index (χ0) is 10.7. The van der Waals surface area contributed by atoms with Crippen LogP contribution >= 0.6 is 15.9 Å². The molecule has 0 atom stereocenters. The lowest BCUT2D eigenvalue weighted by Gasteiger charge is -2.10. The van der Waals surface area contributed by atoms with Gasteiger partial charge in [0.15, 0.2) is 0 Å². The number of rotatable bonds is 2. The van der Waals surface area contributed by atoms with E-state index in [2.05, 4.69) is 15.9 Å². The van der Waals surface area contributed by atoms with Crippen LogP contribution in [0.1, 0.15) is 5.56 Å². The molecule has 14 heavy (non-hydrogen) atoms. The molecule has 0 aliphatic rings. The Kier molecular flexibility index (Phi) is 3.60. The molecule has 5 heteroatoms. The van der Waals surface area contributed by atoms with E-state index in [1.807, 2.05) is 0 Å². The van der Waals surface area contributed by atoms with Gasteiger partial charge in [-0.15, -0.1) is 0 Å². The SMILES string of the molecule is CN(N)C(=O)Cc1cc(Br)ccc1F. The summed E-state index contributed by atoms with van der Waals surface area (Å²) < 4.78 is 13.9. The molecule has 0 heterocycles. The lowest BCUT2D eigenvalue weighted by atomic mass is 10.1. The molecule has 0 saturated carbocycles. The maximum atomic E-state index is 13.2. The molecule has 2 N–H and O–H groups in total. The number of hydrogen-bond acceptors (Lipinski definition) is 2. The summed E-state index contributed by atoms with van der Waals surface area (Å²) in [5, 5.41) is 0.945. The first kappa shape index (κ1) is 11.1. The molecule has 0 aliphatic carbocycles. The van der Waals surface area contributed by atoms with Crippen LogP contribution in [0, 0.1) is 5.82 Å². The van der Waals surface area contributed by atoms with Crippen LogP contribution < -0.4 is 5.84 Å². The summed E-state index contributed by atoms with van der Waals surface area (Å²) >= 11 is 3.20. The smallest absolute Gasteiger partial charge is 0.240 e. The van der Waals surface area contributed by atoms with Gasteiger partial charge >= 0.3 is 0 Å². The van der Waals surface area contributed by atoms with Crippen molar-refractivity contribution in [3.63, 3.8) is 0 Å². The molecule has 0 fully saturated rings. The Morgan fingerprint density at radius 2 is 2.29 bits per heavy atom. The normalized spacial score (nSPS) is 10.0. The lowest BCUT2D eigenvalue weighted by Crippen LogP contribution is -2.34. The van der Waals surface area contributed by atoms with Gasteiger partial charge < -0.3 is 0 Å². The molecule has 0 spiro atoms. The monoisotopic (exact) mass is 260 g/mol. The highest BCUT2D eigenvalue weighted by atomic mass is 79.9. The highest BCUT2D eigenvalue weighted by Crippen LogP contribution is 2.16. The molecule has 0 radical (unpaired) electrons. The maximum absolute atomic E-state index is 13.2. The van der Waals surface area contributed by atoms with Crippen LogP contribution in [0.3, 0.4) is 0 Å². The summed E-state index contributed by atoms with van der Waals surface area (Å²) in [6.45, 7) is 0. The second-order valence-corrected chi connectivity index (χ2v) is 3.83. The van der Waals surface area contributed by atoms with Gasteiger partial charge in [-0.1, -0.05) is 15.9 Å². The van der Waals surface area contributed by atoms with Crippen molar-refractivity contribution in [2.45, 2.75) is 6.42 Å². The van der Waals surface area contributed by atoms with E-state index in [1.165, 1.54) is 13.1 Å². The van der Waals surface area contributed by atoms with E-state index >= 15 is 0 Å². The predicted molar refractivity (Wildman–Crippen MR) is 54.8 cm³/mol. The molecular weight excluding hydrogens is 251 g/mol. The largest absolute Gasteiger partial charge is 0.284 e. The van der Waals surface area contributed by atoms with Gasteiger partial charge in [0.2, 0.25) is 5.91 Å². The third-order valence-corrected chi connectivity index (χ3v) is 2.24. The minimum atomic E-state index is -0.400. The van der Waals surface area contributed by atoms with E-state index in [0.29, 0.717) is 5.56 Å². The molecule has 0 aromatic heterocycles. The van der Waals surface area contributed by atoms with Crippen molar-refractivity contribution >= 4 is 21.8 Å². The topological polar surface area (TPSA) is 46.3 Å². The van der Waals surface area contributed by atoms with Crippen molar-refractivity contribution in [1.82, 2.24) is 5.01 Å².